The number of hydrogen-bond donors (Lipinski definition) is 0. The number of ether oxygens (including phenoxy) is 2. The Hall–Kier alpha value is -1.96. The van der Waals surface area contributed by atoms with Crippen molar-refractivity contribution in [1.82, 2.24) is 0 Å². The molecular weight excluding hydrogens is 248 g/mol. The molecule has 1 aliphatic rings. The number of para-hydroxylation sites is 2. The molecule has 1 fully saturated rings. The van der Waals surface area contributed by atoms with Crippen LogP contribution in [0.5, 0.6) is 11.5 Å². The molecule has 2 heteroatoms. The molecule has 1 radical (unpaired) electrons. The third-order valence-electron chi connectivity index (χ3n) is 3.50. The summed E-state index contributed by atoms with van der Waals surface area (Å²) >= 11 is 0. The van der Waals surface area contributed by atoms with Crippen LogP contribution in [0.1, 0.15) is 25.7 Å². The van der Waals surface area contributed by atoms with E-state index in [0.717, 1.165) is 30.8 Å². The highest BCUT2D eigenvalue weighted by Crippen LogP contribution is 2.34. The van der Waals surface area contributed by atoms with Crippen LogP contribution in [-0.2, 0) is 0 Å². The second-order valence-corrected chi connectivity index (χ2v) is 5.09. The second-order valence-electron chi connectivity index (χ2n) is 5.09. The Balaban J connectivity index is 1.81. The molecule has 0 aliphatic heterocycles. The van der Waals surface area contributed by atoms with Gasteiger partial charge in [0.05, 0.1) is 0 Å². The van der Waals surface area contributed by atoms with Gasteiger partial charge in [0.15, 0.2) is 0 Å². The van der Waals surface area contributed by atoms with Gasteiger partial charge in [-0.05, 0) is 37.1 Å². The molecule has 103 valence electrons. The summed E-state index contributed by atoms with van der Waals surface area (Å²) in [6, 6.07) is 19.8. The first kappa shape index (κ1) is 13.0. The summed E-state index contributed by atoms with van der Waals surface area (Å²) in [4.78, 5) is 0. The monoisotopic (exact) mass is 267 g/mol. The van der Waals surface area contributed by atoms with Crippen LogP contribution in [-0.4, -0.2) is 5.79 Å². The van der Waals surface area contributed by atoms with Crippen LogP contribution in [0.3, 0.4) is 0 Å². The summed E-state index contributed by atoms with van der Waals surface area (Å²) in [6.07, 6.45) is 6.40. The van der Waals surface area contributed by atoms with Crippen molar-refractivity contribution in [3.05, 3.63) is 67.1 Å². The van der Waals surface area contributed by atoms with E-state index in [2.05, 4.69) is 6.42 Å². The molecule has 0 aromatic heterocycles. The van der Waals surface area contributed by atoms with E-state index in [1.807, 2.05) is 60.7 Å². The van der Waals surface area contributed by atoms with E-state index < -0.39 is 5.79 Å². The summed E-state index contributed by atoms with van der Waals surface area (Å²) in [5, 5.41) is 0. The van der Waals surface area contributed by atoms with Crippen molar-refractivity contribution in [2.24, 2.45) is 0 Å². The minimum absolute atomic E-state index is 0.638. The highest BCUT2D eigenvalue weighted by atomic mass is 16.7. The molecule has 1 aliphatic carbocycles. The normalized spacial score (nSPS) is 17.4. The van der Waals surface area contributed by atoms with Crippen LogP contribution in [0, 0.1) is 6.42 Å². The Bertz CT molecular complexity index is 472. The summed E-state index contributed by atoms with van der Waals surface area (Å²) < 4.78 is 12.3. The quantitative estimate of drug-likeness (QED) is 0.753. The fraction of sp³-hybridized carbons (Fsp3) is 0.278. The zero-order chi connectivity index (χ0) is 13.7. The summed E-state index contributed by atoms with van der Waals surface area (Å²) in [7, 11) is 0. The minimum Gasteiger partial charge on any atom is -0.452 e. The van der Waals surface area contributed by atoms with Crippen molar-refractivity contribution in [2.75, 3.05) is 0 Å². The maximum atomic E-state index is 6.17. The van der Waals surface area contributed by atoms with Gasteiger partial charge in [-0.3, -0.25) is 0 Å². The van der Waals surface area contributed by atoms with Gasteiger partial charge >= 0.3 is 0 Å². The maximum absolute atomic E-state index is 6.17. The Morgan fingerprint density at radius 2 is 1.25 bits per heavy atom. The van der Waals surface area contributed by atoms with E-state index in [1.165, 1.54) is 6.42 Å². The molecule has 0 heterocycles. The van der Waals surface area contributed by atoms with Crippen molar-refractivity contribution >= 4 is 0 Å². The Kier molecular flexibility index (Phi) is 3.91. The Labute approximate surface area is 120 Å². The third kappa shape index (κ3) is 3.13. The van der Waals surface area contributed by atoms with Gasteiger partial charge in [0, 0.05) is 12.8 Å². The van der Waals surface area contributed by atoms with Crippen LogP contribution in [0.4, 0.5) is 0 Å². The van der Waals surface area contributed by atoms with Gasteiger partial charge in [-0.15, -0.1) is 0 Å². The average molecular weight is 267 g/mol. The first-order valence-corrected chi connectivity index (χ1v) is 7.19. The largest absolute Gasteiger partial charge is 0.452 e. The zero-order valence-corrected chi connectivity index (χ0v) is 11.5. The molecule has 0 N–H and O–H groups in total. The predicted octanol–water partition coefficient (Wildman–Crippen LogP) is 4.62. The van der Waals surface area contributed by atoms with E-state index in [-0.39, 0.29) is 0 Å². The van der Waals surface area contributed by atoms with Crippen LogP contribution in [0.25, 0.3) is 0 Å². The van der Waals surface area contributed by atoms with Crippen LogP contribution < -0.4 is 9.47 Å². The van der Waals surface area contributed by atoms with Crippen molar-refractivity contribution in [3.63, 3.8) is 0 Å². The summed E-state index contributed by atoms with van der Waals surface area (Å²) in [5.74, 6) is 1.06. The summed E-state index contributed by atoms with van der Waals surface area (Å²) in [5.41, 5.74) is 0. The summed E-state index contributed by atoms with van der Waals surface area (Å²) in [6.45, 7) is 0. The molecule has 0 spiro atoms. The molecule has 2 aromatic carbocycles. The predicted molar refractivity (Wildman–Crippen MR) is 79.6 cm³/mol. The molecule has 0 amide bonds. The lowest BCUT2D eigenvalue weighted by Crippen LogP contribution is -2.44. The standard InChI is InChI=1S/C18H19O2/c1-4-10-16(11-5-1)19-18(14-8-3-9-15-18)20-17-12-6-2-7-13-17/h1-2,4-7,10-14H,3,8-9,15H2. The fourth-order valence-corrected chi connectivity index (χ4v) is 2.52. The van der Waals surface area contributed by atoms with E-state index >= 15 is 0 Å². The minimum atomic E-state index is -0.638. The van der Waals surface area contributed by atoms with Crippen molar-refractivity contribution in [1.29, 1.82) is 0 Å². The topological polar surface area (TPSA) is 18.5 Å². The SMILES string of the molecule is [CH]1CCCCC1(Oc1ccccc1)Oc1ccccc1. The number of rotatable bonds is 4. The van der Waals surface area contributed by atoms with E-state index in [4.69, 9.17) is 9.47 Å². The van der Waals surface area contributed by atoms with Crippen LogP contribution in [0.2, 0.25) is 0 Å². The van der Waals surface area contributed by atoms with Gasteiger partial charge in [0.25, 0.3) is 5.79 Å². The third-order valence-corrected chi connectivity index (χ3v) is 3.50. The molecule has 0 bridgehead atoms. The van der Waals surface area contributed by atoms with Crippen molar-refractivity contribution < 1.29 is 9.47 Å². The lowest BCUT2D eigenvalue weighted by Gasteiger charge is -2.37. The molecule has 2 nitrogen and oxygen atoms in total. The van der Waals surface area contributed by atoms with Gasteiger partial charge in [-0.25, -0.2) is 0 Å². The van der Waals surface area contributed by atoms with Gasteiger partial charge in [0.2, 0.25) is 0 Å². The van der Waals surface area contributed by atoms with Crippen molar-refractivity contribution in [2.45, 2.75) is 31.5 Å². The number of benzene rings is 2. The lowest BCUT2D eigenvalue weighted by atomic mass is 9.94. The molecule has 20 heavy (non-hydrogen) atoms. The van der Waals surface area contributed by atoms with Crippen molar-refractivity contribution in [3.8, 4) is 11.5 Å². The van der Waals surface area contributed by atoms with Gasteiger partial charge in [0.1, 0.15) is 11.5 Å². The number of hydrogen-bond acceptors (Lipinski definition) is 2. The Morgan fingerprint density at radius 1 is 0.700 bits per heavy atom. The molecule has 0 unspecified atom stereocenters. The van der Waals surface area contributed by atoms with Gasteiger partial charge in [-0.1, -0.05) is 42.8 Å². The van der Waals surface area contributed by atoms with Gasteiger partial charge < -0.3 is 9.47 Å². The van der Waals surface area contributed by atoms with E-state index in [0.29, 0.717) is 0 Å². The van der Waals surface area contributed by atoms with E-state index in [9.17, 15) is 0 Å². The average Bonchev–Trinajstić information content (AvgIpc) is 2.50. The van der Waals surface area contributed by atoms with E-state index in [1.54, 1.807) is 0 Å². The molecular formula is C18H19O2. The maximum Gasteiger partial charge on any atom is 0.254 e. The molecule has 0 atom stereocenters. The highest BCUT2D eigenvalue weighted by molar-refractivity contribution is 5.25. The Morgan fingerprint density at radius 3 is 1.70 bits per heavy atom. The highest BCUT2D eigenvalue weighted by Gasteiger charge is 2.37. The molecule has 2 aromatic rings. The fourth-order valence-electron chi connectivity index (χ4n) is 2.52. The zero-order valence-electron chi connectivity index (χ0n) is 11.5. The lowest BCUT2D eigenvalue weighted by molar-refractivity contribution is -0.102. The first-order chi connectivity index (χ1) is 9.86. The smallest absolute Gasteiger partial charge is 0.254 e. The van der Waals surface area contributed by atoms with Crippen LogP contribution >= 0.6 is 0 Å². The molecule has 0 saturated heterocycles. The molecule has 1 saturated carbocycles. The second kappa shape index (κ2) is 6.00. The van der Waals surface area contributed by atoms with Gasteiger partial charge in [-0.2, -0.15) is 0 Å². The van der Waals surface area contributed by atoms with Crippen LogP contribution in [0.15, 0.2) is 60.7 Å². The first-order valence-electron chi connectivity index (χ1n) is 7.19. The molecule has 3 rings (SSSR count).